The van der Waals surface area contributed by atoms with Crippen LogP contribution in [0.5, 0.6) is 0 Å². The van der Waals surface area contributed by atoms with Crippen LogP contribution in [0.1, 0.15) is 48.0 Å². The molecule has 0 aliphatic heterocycles. The van der Waals surface area contributed by atoms with Gasteiger partial charge in [0.15, 0.2) is 5.11 Å². The van der Waals surface area contributed by atoms with Crippen molar-refractivity contribution in [2.75, 3.05) is 5.32 Å². The minimum absolute atomic E-state index is 0.0849. The molecule has 2 aromatic carbocycles. The fraction of sp³-hybridized carbons (Fsp3) is 0.261. The highest BCUT2D eigenvalue weighted by molar-refractivity contribution is 7.80. The Morgan fingerprint density at radius 3 is 2.43 bits per heavy atom. The molecule has 0 atom stereocenters. The lowest BCUT2D eigenvalue weighted by atomic mass is 9.95. The van der Waals surface area contributed by atoms with E-state index >= 15 is 0 Å². The van der Waals surface area contributed by atoms with Gasteiger partial charge < -0.3 is 10.6 Å². The van der Waals surface area contributed by atoms with Crippen molar-refractivity contribution >= 4 is 40.9 Å². The van der Waals surface area contributed by atoms with Crippen LogP contribution >= 0.6 is 12.2 Å². The van der Waals surface area contributed by atoms with Gasteiger partial charge in [0.25, 0.3) is 5.91 Å². The molecule has 0 aromatic heterocycles. The van der Waals surface area contributed by atoms with Crippen LogP contribution < -0.4 is 16.0 Å². The molecule has 7 heteroatoms. The van der Waals surface area contributed by atoms with Gasteiger partial charge in [-0.15, -0.1) is 0 Å². The van der Waals surface area contributed by atoms with Crippen molar-refractivity contribution in [3.63, 3.8) is 0 Å². The van der Waals surface area contributed by atoms with Crippen molar-refractivity contribution < 1.29 is 14.0 Å². The van der Waals surface area contributed by atoms with Gasteiger partial charge in [-0.25, -0.2) is 4.39 Å². The normalized spacial score (nSPS) is 14.3. The van der Waals surface area contributed by atoms with Crippen LogP contribution in [0, 0.1) is 5.82 Å². The first kappa shape index (κ1) is 21.6. The summed E-state index contributed by atoms with van der Waals surface area (Å²) in [5.41, 5.74) is 1.69. The Labute approximate surface area is 180 Å². The van der Waals surface area contributed by atoms with Gasteiger partial charge in [0.2, 0.25) is 5.91 Å². The molecule has 1 aliphatic rings. The summed E-state index contributed by atoms with van der Waals surface area (Å²) in [7, 11) is 0. The van der Waals surface area contributed by atoms with Gasteiger partial charge in [-0.2, -0.15) is 0 Å². The van der Waals surface area contributed by atoms with Crippen molar-refractivity contribution in [3.8, 4) is 0 Å². The molecule has 1 saturated carbocycles. The highest BCUT2D eigenvalue weighted by atomic mass is 32.1. The maximum atomic E-state index is 12.9. The molecule has 1 aliphatic carbocycles. The molecule has 30 heavy (non-hydrogen) atoms. The minimum atomic E-state index is -0.430. The third kappa shape index (κ3) is 6.49. The van der Waals surface area contributed by atoms with Gasteiger partial charge in [-0.1, -0.05) is 43.5 Å². The zero-order chi connectivity index (χ0) is 21.3. The molecular weight excluding hydrogens is 401 g/mol. The number of anilines is 1. The number of rotatable bonds is 5. The molecule has 0 heterocycles. The van der Waals surface area contributed by atoms with Crippen molar-refractivity contribution in [2.24, 2.45) is 0 Å². The van der Waals surface area contributed by atoms with Crippen LogP contribution in [0.25, 0.3) is 6.08 Å². The van der Waals surface area contributed by atoms with E-state index in [0.717, 1.165) is 25.7 Å². The van der Waals surface area contributed by atoms with E-state index in [1.165, 1.54) is 24.6 Å². The van der Waals surface area contributed by atoms with Crippen LogP contribution in [0.3, 0.4) is 0 Å². The third-order valence-corrected chi connectivity index (χ3v) is 5.10. The van der Waals surface area contributed by atoms with Gasteiger partial charge in [0, 0.05) is 12.1 Å². The number of carbonyl (C=O) groups is 2. The maximum absolute atomic E-state index is 12.9. The number of thiocarbonyl (C=S) groups is 1. The van der Waals surface area contributed by atoms with E-state index in [2.05, 4.69) is 16.0 Å². The molecule has 0 radical (unpaired) electrons. The van der Waals surface area contributed by atoms with Gasteiger partial charge in [0.1, 0.15) is 5.82 Å². The molecule has 1 fully saturated rings. The summed E-state index contributed by atoms with van der Waals surface area (Å²) in [5, 5.41) is 8.64. The Morgan fingerprint density at radius 2 is 1.70 bits per heavy atom. The molecule has 3 N–H and O–H groups in total. The Morgan fingerprint density at radius 1 is 1.00 bits per heavy atom. The highest BCUT2D eigenvalue weighted by Crippen LogP contribution is 2.20. The number of nitrogens with one attached hydrogen (secondary N) is 3. The van der Waals surface area contributed by atoms with Gasteiger partial charge >= 0.3 is 0 Å². The standard InChI is InChI=1S/C23H24FN3O2S/c24-17-13-10-16(11-14-17)12-15-21(28)27-23(30)26-20-9-5-4-8-19(20)22(29)25-18-6-2-1-3-7-18/h4-5,8-15,18H,1-3,6-7H2,(H,25,29)(H2,26,27,28,30). The molecule has 0 spiro atoms. The largest absolute Gasteiger partial charge is 0.349 e. The molecule has 0 unspecified atom stereocenters. The number of para-hydroxylation sites is 1. The Balaban J connectivity index is 1.57. The van der Waals surface area contributed by atoms with Crippen LogP contribution in [0.2, 0.25) is 0 Å². The second-order valence-electron chi connectivity index (χ2n) is 7.18. The first-order chi connectivity index (χ1) is 14.5. The van der Waals surface area contributed by atoms with Crippen molar-refractivity contribution in [3.05, 3.63) is 71.6 Å². The van der Waals surface area contributed by atoms with E-state index in [9.17, 15) is 14.0 Å². The predicted octanol–water partition coefficient (Wildman–Crippen LogP) is 4.41. The topological polar surface area (TPSA) is 70.2 Å². The summed E-state index contributed by atoms with van der Waals surface area (Å²) in [6.45, 7) is 0. The predicted molar refractivity (Wildman–Crippen MR) is 121 cm³/mol. The first-order valence-electron chi connectivity index (χ1n) is 9.97. The summed E-state index contributed by atoms with van der Waals surface area (Å²) in [5.74, 6) is -0.926. The number of benzene rings is 2. The number of hydrogen-bond acceptors (Lipinski definition) is 3. The number of hydrogen-bond donors (Lipinski definition) is 3. The quantitative estimate of drug-likeness (QED) is 0.490. The number of carbonyl (C=O) groups excluding carboxylic acids is 2. The van der Waals surface area contributed by atoms with E-state index in [-0.39, 0.29) is 22.9 Å². The molecular formula is C23H24FN3O2S. The van der Waals surface area contributed by atoms with E-state index in [1.807, 2.05) is 0 Å². The molecule has 2 aromatic rings. The van der Waals surface area contributed by atoms with Crippen LogP contribution in [-0.2, 0) is 4.79 Å². The van der Waals surface area contributed by atoms with Gasteiger partial charge in [-0.3, -0.25) is 14.9 Å². The van der Waals surface area contributed by atoms with Crippen LogP contribution in [0.4, 0.5) is 10.1 Å². The maximum Gasteiger partial charge on any atom is 0.253 e. The SMILES string of the molecule is O=C(C=Cc1ccc(F)cc1)NC(=S)Nc1ccccc1C(=O)NC1CCCCC1. The van der Waals surface area contributed by atoms with E-state index in [4.69, 9.17) is 12.2 Å². The Bertz CT molecular complexity index is 938. The smallest absolute Gasteiger partial charge is 0.253 e. The second-order valence-corrected chi connectivity index (χ2v) is 7.59. The highest BCUT2D eigenvalue weighted by Gasteiger charge is 2.18. The summed E-state index contributed by atoms with van der Waals surface area (Å²) < 4.78 is 12.9. The average molecular weight is 426 g/mol. The van der Waals surface area contributed by atoms with E-state index < -0.39 is 5.91 Å². The van der Waals surface area contributed by atoms with Gasteiger partial charge in [-0.05, 0) is 61.0 Å². The molecule has 5 nitrogen and oxygen atoms in total. The van der Waals surface area contributed by atoms with Crippen molar-refractivity contribution in [1.29, 1.82) is 0 Å². The van der Waals surface area contributed by atoms with Gasteiger partial charge in [0.05, 0.1) is 11.3 Å². The monoisotopic (exact) mass is 425 g/mol. The number of halogens is 1. The third-order valence-electron chi connectivity index (χ3n) is 4.89. The zero-order valence-electron chi connectivity index (χ0n) is 16.5. The molecule has 2 amide bonds. The lowest BCUT2D eigenvalue weighted by molar-refractivity contribution is -0.115. The number of amides is 2. The second kappa shape index (κ2) is 10.6. The molecule has 0 bridgehead atoms. The minimum Gasteiger partial charge on any atom is -0.349 e. The van der Waals surface area contributed by atoms with Crippen molar-refractivity contribution in [2.45, 2.75) is 38.1 Å². The fourth-order valence-corrected chi connectivity index (χ4v) is 3.56. The molecule has 3 rings (SSSR count). The average Bonchev–Trinajstić information content (AvgIpc) is 2.74. The summed E-state index contributed by atoms with van der Waals surface area (Å²) in [4.78, 5) is 24.8. The first-order valence-corrected chi connectivity index (χ1v) is 10.4. The summed E-state index contributed by atoms with van der Waals surface area (Å²) in [6, 6.07) is 13.0. The molecule has 156 valence electrons. The molecule has 0 saturated heterocycles. The summed E-state index contributed by atoms with van der Waals surface area (Å²) >= 11 is 5.21. The van der Waals surface area contributed by atoms with E-state index in [1.54, 1.807) is 42.5 Å². The zero-order valence-corrected chi connectivity index (χ0v) is 17.3. The lowest BCUT2D eigenvalue weighted by Gasteiger charge is -2.23. The fourth-order valence-electron chi connectivity index (χ4n) is 3.35. The van der Waals surface area contributed by atoms with E-state index in [0.29, 0.717) is 16.8 Å². The van der Waals surface area contributed by atoms with Crippen LogP contribution in [0.15, 0.2) is 54.6 Å². The van der Waals surface area contributed by atoms with Crippen molar-refractivity contribution in [1.82, 2.24) is 10.6 Å². The summed E-state index contributed by atoms with van der Waals surface area (Å²) in [6.07, 6.45) is 8.34. The lowest BCUT2D eigenvalue weighted by Crippen LogP contribution is -2.37. The Kier molecular flexibility index (Phi) is 7.68. The van der Waals surface area contributed by atoms with Crippen LogP contribution in [-0.4, -0.2) is 23.0 Å². The Hall–Kier alpha value is -3.06.